The molecule has 3 nitrogen and oxygen atoms in total. The second-order valence-electron chi connectivity index (χ2n) is 5.39. The minimum Gasteiger partial charge on any atom is -0.398 e. The number of carbonyl (C=O) groups is 1. The predicted octanol–water partition coefficient (Wildman–Crippen LogP) is 3.73. The van der Waals surface area contributed by atoms with Crippen LogP contribution in [-0.4, -0.2) is 16.8 Å². The third-order valence-electron chi connectivity index (χ3n) is 3.69. The Kier molecular flexibility index (Phi) is 3.84. The number of hydrogen-bond donors (Lipinski definition) is 1. The van der Waals surface area contributed by atoms with Crippen LogP contribution in [0.3, 0.4) is 0 Å². The van der Waals surface area contributed by atoms with Gasteiger partial charge in [0.15, 0.2) is 0 Å². The molecule has 1 aliphatic carbocycles. The molecule has 21 heavy (non-hydrogen) atoms. The van der Waals surface area contributed by atoms with Crippen LogP contribution in [0.2, 0.25) is 5.02 Å². The molecule has 3 rings (SSSR count). The molecule has 2 aromatic rings. The van der Waals surface area contributed by atoms with Gasteiger partial charge in [-0.3, -0.25) is 4.79 Å². The molecule has 1 fully saturated rings. The molecule has 1 aliphatic rings. The molecule has 1 amide bonds. The molecule has 0 atom stereocenters. The van der Waals surface area contributed by atoms with E-state index in [4.69, 9.17) is 17.3 Å². The van der Waals surface area contributed by atoms with Crippen molar-refractivity contribution < 1.29 is 4.79 Å². The number of nitrogens with two attached hydrogens (primary N) is 1. The van der Waals surface area contributed by atoms with Gasteiger partial charge in [-0.25, -0.2) is 0 Å². The second-order valence-corrected chi connectivity index (χ2v) is 5.79. The molecule has 0 aromatic heterocycles. The Balaban J connectivity index is 1.83. The van der Waals surface area contributed by atoms with Gasteiger partial charge in [0, 0.05) is 18.2 Å². The highest BCUT2D eigenvalue weighted by atomic mass is 35.5. The van der Waals surface area contributed by atoms with E-state index in [1.165, 1.54) is 0 Å². The van der Waals surface area contributed by atoms with E-state index in [0.717, 1.165) is 18.4 Å². The van der Waals surface area contributed by atoms with E-state index in [2.05, 4.69) is 0 Å². The lowest BCUT2D eigenvalue weighted by Gasteiger charge is -2.23. The van der Waals surface area contributed by atoms with Crippen LogP contribution in [0.25, 0.3) is 0 Å². The lowest BCUT2D eigenvalue weighted by molar-refractivity contribution is 0.0730. The summed E-state index contributed by atoms with van der Waals surface area (Å²) in [5.74, 6) is 0.0169. The third kappa shape index (κ3) is 3.19. The average Bonchev–Trinajstić information content (AvgIpc) is 3.33. The monoisotopic (exact) mass is 300 g/mol. The van der Waals surface area contributed by atoms with Crippen LogP contribution in [0.15, 0.2) is 48.5 Å². The van der Waals surface area contributed by atoms with E-state index >= 15 is 0 Å². The largest absolute Gasteiger partial charge is 0.398 e. The first-order chi connectivity index (χ1) is 10.1. The molecule has 0 heterocycles. The normalized spacial score (nSPS) is 14.0. The fourth-order valence-electron chi connectivity index (χ4n) is 2.36. The molecule has 2 N–H and O–H groups in total. The van der Waals surface area contributed by atoms with Crippen LogP contribution < -0.4 is 5.73 Å². The van der Waals surface area contributed by atoms with Gasteiger partial charge >= 0.3 is 0 Å². The van der Waals surface area contributed by atoms with Crippen molar-refractivity contribution in [1.29, 1.82) is 0 Å². The second kappa shape index (κ2) is 5.78. The Morgan fingerprint density at radius 3 is 2.52 bits per heavy atom. The summed E-state index contributed by atoms with van der Waals surface area (Å²) in [5, 5.41) is 0.427. The number of carbonyl (C=O) groups excluding carboxylic acids is 1. The van der Waals surface area contributed by atoms with Crippen molar-refractivity contribution in [3.05, 3.63) is 64.7 Å². The summed E-state index contributed by atoms with van der Waals surface area (Å²) < 4.78 is 0. The highest BCUT2D eigenvalue weighted by Crippen LogP contribution is 2.30. The van der Waals surface area contributed by atoms with Crippen molar-refractivity contribution in [3.63, 3.8) is 0 Å². The Hall–Kier alpha value is -2.00. The summed E-state index contributed by atoms with van der Waals surface area (Å²) in [6, 6.07) is 15.5. The molecule has 0 radical (unpaired) electrons. The number of nitrogen functional groups attached to an aromatic ring is 1. The first-order valence-corrected chi connectivity index (χ1v) is 7.43. The number of halogens is 1. The number of hydrogen-bond acceptors (Lipinski definition) is 2. The number of amides is 1. The maximum absolute atomic E-state index is 12.7. The lowest BCUT2D eigenvalue weighted by atomic mass is 10.1. The standard InChI is InChI=1S/C17H17ClN2O/c18-15-10-13(6-9-16(15)19)17(21)20(14-7-8-14)11-12-4-2-1-3-5-12/h1-6,9-10,14H,7-8,11,19H2. The van der Waals surface area contributed by atoms with Crippen molar-refractivity contribution >= 4 is 23.2 Å². The first-order valence-electron chi connectivity index (χ1n) is 7.05. The third-order valence-corrected chi connectivity index (χ3v) is 4.02. The van der Waals surface area contributed by atoms with Crippen LogP contribution in [0.5, 0.6) is 0 Å². The predicted molar refractivity (Wildman–Crippen MR) is 85.2 cm³/mol. The molecule has 0 bridgehead atoms. The maximum Gasteiger partial charge on any atom is 0.254 e. The summed E-state index contributed by atoms with van der Waals surface area (Å²) in [6.45, 7) is 0.631. The van der Waals surface area contributed by atoms with Crippen LogP contribution >= 0.6 is 11.6 Å². The van der Waals surface area contributed by atoms with Crippen LogP contribution in [0.4, 0.5) is 5.69 Å². The van der Waals surface area contributed by atoms with E-state index in [1.807, 2.05) is 35.2 Å². The fraction of sp³-hybridized carbons (Fsp3) is 0.235. The maximum atomic E-state index is 12.7. The average molecular weight is 301 g/mol. The summed E-state index contributed by atoms with van der Waals surface area (Å²) in [6.07, 6.45) is 2.14. The number of benzene rings is 2. The van der Waals surface area contributed by atoms with Gasteiger partial charge < -0.3 is 10.6 Å². The fourth-order valence-corrected chi connectivity index (χ4v) is 2.54. The summed E-state index contributed by atoms with van der Waals surface area (Å²) in [5.41, 5.74) is 7.93. The summed E-state index contributed by atoms with van der Waals surface area (Å²) >= 11 is 6.02. The molecule has 4 heteroatoms. The van der Waals surface area contributed by atoms with Gasteiger partial charge in [0.05, 0.1) is 10.7 Å². The van der Waals surface area contributed by atoms with Gasteiger partial charge in [0.25, 0.3) is 5.91 Å². The molecule has 2 aromatic carbocycles. The van der Waals surface area contributed by atoms with Gasteiger partial charge in [-0.05, 0) is 36.6 Å². The van der Waals surface area contributed by atoms with Crippen molar-refractivity contribution in [2.24, 2.45) is 0 Å². The zero-order valence-corrected chi connectivity index (χ0v) is 12.4. The van der Waals surface area contributed by atoms with Crippen molar-refractivity contribution in [2.75, 3.05) is 5.73 Å². The van der Waals surface area contributed by atoms with Crippen molar-refractivity contribution in [3.8, 4) is 0 Å². The van der Waals surface area contributed by atoms with Crippen LogP contribution in [0.1, 0.15) is 28.8 Å². The topological polar surface area (TPSA) is 46.3 Å². The van der Waals surface area contributed by atoms with E-state index in [0.29, 0.717) is 28.9 Å². The molecule has 0 saturated heterocycles. The molecule has 0 spiro atoms. The SMILES string of the molecule is Nc1ccc(C(=O)N(Cc2ccccc2)C2CC2)cc1Cl. The molecule has 108 valence electrons. The Morgan fingerprint density at radius 2 is 1.90 bits per heavy atom. The van der Waals surface area contributed by atoms with E-state index < -0.39 is 0 Å². The highest BCUT2D eigenvalue weighted by molar-refractivity contribution is 6.33. The molecule has 1 saturated carbocycles. The van der Waals surface area contributed by atoms with Crippen LogP contribution in [0, 0.1) is 0 Å². The number of anilines is 1. The van der Waals surface area contributed by atoms with Gasteiger partial charge in [-0.2, -0.15) is 0 Å². The van der Waals surface area contributed by atoms with E-state index in [9.17, 15) is 4.79 Å². The molecular formula is C17H17ClN2O. The Bertz CT molecular complexity index is 653. The number of nitrogens with zero attached hydrogens (tertiary/aromatic N) is 1. The summed E-state index contributed by atoms with van der Waals surface area (Å²) in [4.78, 5) is 14.6. The highest BCUT2D eigenvalue weighted by Gasteiger charge is 2.33. The zero-order valence-electron chi connectivity index (χ0n) is 11.6. The van der Waals surface area contributed by atoms with Crippen molar-refractivity contribution in [2.45, 2.75) is 25.4 Å². The minimum absolute atomic E-state index is 0.0169. The Morgan fingerprint density at radius 1 is 1.19 bits per heavy atom. The quantitative estimate of drug-likeness (QED) is 0.875. The molecular weight excluding hydrogens is 284 g/mol. The summed E-state index contributed by atoms with van der Waals surface area (Å²) in [7, 11) is 0. The Labute approximate surface area is 129 Å². The van der Waals surface area contributed by atoms with Gasteiger partial charge in [0.1, 0.15) is 0 Å². The van der Waals surface area contributed by atoms with E-state index in [1.54, 1.807) is 18.2 Å². The van der Waals surface area contributed by atoms with Crippen molar-refractivity contribution in [1.82, 2.24) is 4.90 Å². The molecule has 0 aliphatic heterocycles. The first kappa shape index (κ1) is 14.0. The van der Waals surface area contributed by atoms with Gasteiger partial charge in [-0.15, -0.1) is 0 Å². The van der Waals surface area contributed by atoms with Gasteiger partial charge in [-0.1, -0.05) is 41.9 Å². The lowest BCUT2D eigenvalue weighted by Crippen LogP contribution is -2.32. The smallest absolute Gasteiger partial charge is 0.254 e. The van der Waals surface area contributed by atoms with Crippen LogP contribution in [-0.2, 0) is 6.54 Å². The van der Waals surface area contributed by atoms with E-state index in [-0.39, 0.29) is 5.91 Å². The van der Waals surface area contributed by atoms with Gasteiger partial charge in [0.2, 0.25) is 0 Å². The number of rotatable bonds is 4. The minimum atomic E-state index is 0.0169. The zero-order chi connectivity index (χ0) is 14.8. The molecule has 0 unspecified atom stereocenters.